The van der Waals surface area contributed by atoms with Gasteiger partial charge in [-0.25, -0.2) is 8.78 Å². The first kappa shape index (κ1) is 12.5. The monoisotopic (exact) mass is 266 g/mol. The van der Waals surface area contributed by atoms with Crippen molar-refractivity contribution in [2.75, 3.05) is 0 Å². The summed E-state index contributed by atoms with van der Waals surface area (Å²) in [6, 6.07) is 20.5. The molecule has 0 atom stereocenters. The molecule has 0 fully saturated rings. The quantitative estimate of drug-likeness (QED) is 0.590. The highest BCUT2D eigenvalue weighted by atomic mass is 19.1. The van der Waals surface area contributed by atoms with Crippen molar-refractivity contribution in [1.29, 1.82) is 0 Å². The topological polar surface area (TPSA) is 0 Å². The van der Waals surface area contributed by atoms with Crippen LogP contribution in [0.2, 0.25) is 0 Å². The molecule has 0 aromatic heterocycles. The fourth-order valence-electron chi connectivity index (χ4n) is 2.23. The molecule has 0 unspecified atom stereocenters. The van der Waals surface area contributed by atoms with Gasteiger partial charge in [-0.05, 0) is 41.0 Å². The average molecular weight is 266 g/mol. The van der Waals surface area contributed by atoms with Crippen LogP contribution in [0.5, 0.6) is 0 Å². The SMILES string of the molecule is Fc1cccc(-c2cccc(-c3ccccc3F)c2)c1. The van der Waals surface area contributed by atoms with Crippen molar-refractivity contribution in [2.45, 2.75) is 0 Å². The first-order valence-corrected chi connectivity index (χ1v) is 6.35. The molecule has 3 aromatic carbocycles. The van der Waals surface area contributed by atoms with E-state index in [0.717, 1.165) is 16.7 Å². The molecule has 98 valence electrons. The molecule has 3 aromatic rings. The van der Waals surface area contributed by atoms with Crippen molar-refractivity contribution < 1.29 is 8.78 Å². The second-order valence-electron chi connectivity index (χ2n) is 4.57. The lowest BCUT2D eigenvalue weighted by molar-refractivity contribution is 0.628. The van der Waals surface area contributed by atoms with Crippen LogP contribution in [-0.4, -0.2) is 0 Å². The van der Waals surface area contributed by atoms with Crippen molar-refractivity contribution >= 4 is 0 Å². The van der Waals surface area contributed by atoms with Gasteiger partial charge >= 0.3 is 0 Å². The lowest BCUT2D eigenvalue weighted by Crippen LogP contribution is -1.85. The Morgan fingerprint density at radius 3 is 1.95 bits per heavy atom. The van der Waals surface area contributed by atoms with Crippen LogP contribution < -0.4 is 0 Å². The molecule has 0 saturated heterocycles. The molecule has 0 radical (unpaired) electrons. The summed E-state index contributed by atoms with van der Waals surface area (Å²) >= 11 is 0. The normalized spacial score (nSPS) is 10.5. The van der Waals surface area contributed by atoms with E-state index in [2.05, 4.69) is 0 Å². The zero-order valence-corrected chi connectivity index (χ0v) is 10.7. The molecule has 0 aliphatic rings. The molecule has 0 aliphatic carbocycles. The Balaban J connectivity index is 2.09. The Labute approximate surface area is 116 Å². The predicted octanol–water partition coefficient (Wildman–Crippen LogP) is 5.30. The standard InChI is InChI=1S/C18H12F2/c19-16-8-4-6-14(12-16)13-5-3-7-15(11-13)17-9-1-2-10-18(17)20/h1-12H. The molecule has 20 heavy (non-hydrogen) atoms. The summed E-state index contributed by atoms with van der Waals surface area (Å²) in [6.45, 7) is 0. The Hall–Kier alpha value is -2.48. The Morgan fingerprint density at radius 2 is 1.20 bits per heavy atom. The second-order valence-corrected chi connectivity index (χ2v) is 4.57. The molecular formula is C18H12F2. The van der Waals surface area contributed by atoms with Crippen molar-refractivity contribution in [1.82, 2.24) is 0 Å². The van der Waals surface area contributed by atoms with Crippen LogP contribution in [0.1, 0.15) is 0 Å². The molecule has 0 saturated carbocycles. The number of hydrogen-bond acceptors (Lipinski definition) is 0. The van der Waals surface area contributed by atoms with E-state index < -0.39 is 0 Å². The fraction of sp³-hybridized carbons (Fsp3) is 0. The zero-order chi connectivity index (χ0) is 13.9. The molecule has 0 spiro atoms. The number of rotatable bonds is 2. The molecule has 0 nitrogen and oxygen atoms in total. The van der Waals surface area contributed by atoms with Gasteiger partial charge in [-0.3, -0.25) is 0 Å². The maximum Gasteiger partial charge on any atom is 0.131 e. The van der Waals surface area contributed by atoms with Gasteiger partial charge in [0.2, 0.25) is 0 Å². The second kappa shape index (κ2) is 5.25. The molecule has 0 bridgehead atoms. The average Bonchev–Trinajstić information content (AvgIpc) is 2.48. The highest BCUT2D eigenvalue weighted by Gasteiger charge is 2.06. The van der Waals surface area contributed by atoms with Gasteiger partial charge in [-0.1, -0.05) is 48.5 Å². The number of hydrogen-bond donors (Lipinski definition) is 0. The van der Waals surface area contributed by atoms with Crippen molar-refractivity contribution in [3.63, 3.8) is 0 Å². The molecule has 0 aliphatic heterocycles. The summed E-state index contributed by atoms with van der Waals surface area (Å²) < 4.78 is 27.1. The maximum atomic E-state index is 13.8. The molecule has 3 rings (SSSR count). The van der Waals surface area contributed by atoms with Crippen LogP contribution in [0.25, 0.3) is 22.3 Å². The third-order valence-electron chi connectivity index (χ3n) is 3.21. The van der Waals surface area contributed by atoms with Gasteiger partial charge in [0, 0.05) is 5.56 Å². The zero-order valence-electron chi connectivity index (χ0n) is 10.7. The van der Waals surface area contributed by atoms with E-state index in [9.17, 15) is 8.78 Å². The minimum absolute atomic E-state index is 0.260. The number of benzene rings is 3. The van der Waals surface area contributed by atoms with Gasteiger partial charge in [0.1, 0.15) is 11.6 Å². The molecular weight excluding hydrogens is 254 g/mol. The van der Waals surface area contributed by atoms with Crippen molar-refractivity contribution in [3.8, 4) is 22.3 Å². The lowest BCUT2D eigenvalue weighted by atomic mass is 9.99. The van der Waals surface area contributed by atoms with E-state index >= 15 is 0 Å². The molecule has 2 heteroatoms. The molecule has 0 N–H and O–H groups in total. The Bertz CT molecular complexity index is 748. The first-order valence-electron chi connectivity index (χ1n) is 6.35. The summed E-state index contributed by atoms with van der Waals surface area (Å²) in [4.78, 5) is 0. The van der Waals surface area contributed by atoms with E-state index in [0.29, 0.717) is 5.56 Å². The minimum Gasteiger partial charge on any atom is -0.207 e. The van der Waals surface area contributed by atoms with Crippen LogP contribution in [0.3, 0.4) is 0 Å². The van der Waals surface area contributed by atoms with Crippen LogP contribution >= 0.6 is 0 Å². The highest BCUT2D eigenvalue weighted by molar-refractivity contribution is 5.73. The van der Waals surface area contributed by atoms with E-state index in [1.807, 2.05) is 30.3 Å². The summed E-state index contributed by atoms with van der Waals surface area (Å²) in [5.74, 6) is -0.539. The largest absolute Gasteiger partial charge is 0.207 e. The van der Waals surface area contributed by atoms with Gasteiger partial charge < -0.3 is 0 Å². The van der Waals surface area contributed by atoms with Gasteiger partial charge in [0.15, 0.2) is 0 Å². The number of halogens is 2. The lowest BCUT2D eigenvalue weighted by Gasteiger charge is -2.07. The van der Waals surface area contributed by atoms with Gasteiger partial charge in [0.25, 0.3) is 0 Å². The van der Waals surface area contributed by atoms with Gasteiger partial charge in [0.05, 0.1) is 0 Å². The smallest absolute Gasteiger partial charge is 0.131 e. The maximum absolute atomic E-state index is 13.8. The summed E-state index contributed by atoms with van der Waals surface area (Å²) in [6.07, 6.45) is 0. The minimum atomic E-state index is -0.279. The van der Waals surface area contributed by atoms with Crippen LogP contribution in [0, 0.1) is 11.6 Å². The van der Waals surface area contributed by atoms with Crippen molar-refractivity contribution in [2.24, 2.45) is 0 Å². The van der Waals surface area contributed by atoms with Crippen LogP contribution in [0.4, 0.5) is 8.78 Å². The molecule has 0 amide bonds. The molecule has 0 heterocycles. The highest BCUT2D eigenvalue weighted by Crippen LogP contribution is 2.28. The third-order valence-corrected chi connectivity index (χ3v) is 3.21. The van der Waals surface area contributed by atoms with Crippen LogP contribution in [0.15, 0.2) is 72.8 Å². The van der Waals surface area contributed by atoms with Gasteiger partial charge in [-0.15, -0.1) is 0 Å². The van der Waals surface area contributed by atoms with E-state index in [4.69, 9.17) is 0 Å². The summed E-state index contributed by atoms with van der Waals surface area (Å²) in [5.41, 5.74) is 2.98. The van der Waals surface area contributed by atoms with E-state index in [-0.39, 0.29) is 11.6 Å². The predicted molar refractivity (Wildman–Crippen MR) is 77.2 cm³/mol. The fourth-order valence-corrected chi connectivity index (χ4v) is 2.23. The van der Waals surface area contributed by atoms with Crippen molar-refractivity contribution in [3.05, 3.63) is 84.4 Å². The van der Waals surface area contributed by atoms with Crippen LogP contribution in [-0.2, 0) is 0 Å². The van der Waals surface area contributed by atoms with Gasteiger partial charge in [-0.2, -0.15) is 0 Å². The van der Waals surface area contributed by atoms with E-state index in [1.54, 1.807) is 24.3 Å². The Kier molecular flexibility index (Phi) is 3.30. The Morgan fingerprint density at radius 1 is 0.550 bits per heavy atom. The summed E-state index contributed by atoms with van der Waals surface area (Å²) in [5, 5.41) is 0. The third kappa shape index (κ3) is 2.45. The first-order chi connectivity index (χ1) is 9.74. The van der Waals surface area contributed by atoms with E-state index in [1.165, 1.54) is 18.2 Å². The summed E-state index contributed by atoms with van der Waals surface area (Å²) in [7, 11) is 0.